The van der Waals surface area contributed by atoms with Crippen LogP contribution in [0.5, 0.6) is 0 Å². The summed E-state index contributed by atoms with van der Waals surface area (Å²) in [6.07, 6.45) is 4.36. The van der Waals surface area contributed by atoms with E-state index in [0.29, 0.717) is 38.2 Å². The molecule has 2 saturated heterocycles. The van der Waals surface area contributed by atoms with Crippen LogP contribution in [0.4, 0.5) is 10.1 Å². The van der Waals surface area contributed by atoms with Gasteiger partial charge in [0.05, 0.1) is 36.6 Å². The zero-order valence-corrected chi connectivity index (χ0v) is 19.7. The summed E-state index contributed by atoms with van der Waals surface area (Å²) in [6, 6.07) is 5.88. The molecule has 4 rings (SSSR count). The lowest BCUT2D eigenvalue weighted by atomic mass is 9.82. The minimum Gasteiger partial charge on any atom is -0.376 e. The molecule has 1 aromatic rings. The maximum atomic E-state index is 14.1. The molecule has 10 heteroatoms. The maximum Gasteiger partial charge on any atom is 0.226 e. The van der Waals surface area contributed by atoms with Crippen LogP contribution in [0.15, 0.2) is 24.3 Å². The minimum absolute atomic E-state index is 0.0453. The van der Waals surface area contributed by atoms with Gasteiger partial charge in [-0.25, -0.2) is 17.5 Å². The molecule has 1 aliphatic carbocycles. The minimum atomic E-state index is -3.45. The number of sulfonamides is 1. The SMILES string of the molecule is CS(=O)(=O)N[C@H]1CCCN(C(=O)C2CC(=O)C2)[C@H]1COC1CCN(c2ccccc2F)CC1. The Morgan fingerprint density at radius 1 is 1.15 bits per heavy atom. The Kier molecular flexibility index (Phi) is 7.35. The first-order valence-corrected chi connectivity index (χ1v) is 13.5. The number of carbonyl (C=O) groups excluding carboxylic acids is 2. The molecule has 182 valence electrons. The van der Waals surface area contributed by atoms with Crippen molar-refractivity contribution in [3.8, 4) is 0 Å². The van der Waals surface area contributed by atoms with Gasteiger partial charge in [-0.1, -0.05) is 12.1 Å². The number of rotatable bonds is 7. The molecule has 2 heterocycles. The summed E-state index contributed by atoms with van der Waals surface area (Å²) in [5.74, 6) is -0.540. The zero-order chi connectivity index (χ0) is 23.6. The number of hydrogen-bond donors (Lipinski definition) is 1. The first-order valence-electron chi connectivity index (χ1n) is 11.6. The molecule has 0 aromatic heterocycles. The summed E-state index contributed by atoms with van der Waals surface area (Å²) < 4.78 is 46.8. The number of Topliss-reactive ketones (excluding diaryl/α,β-unsaturated/α-hetero) is 1. The van der Waals surface area contributed by atoms with Gasteiger partial charge in [0.1, 0.15) is 11.6 Å². The molecule has 2 atom stereocenters. The van der Waals surface area contributed by atoms with Crippen molar-refractivity contribution in [3.63, 3.8) is 0 Å². The predicted octanol–water partition coefficient (Wildman–Crippen LogP) is 1.70. The lowest BCUT2D eigenvalue weighted by Gasteiger charge is -2.44. The van der Waals surface area contributed by atoms with Gasteiger partial charge in [-0.05, 0) is 37.8 Å². The van der Waals surface area contributed by atoms with Crippen molar-refractivity contribution in [1.82, 2.24) is 9.62 Å². The van der Waals surface area contributed by atoms with Crippen molar-refractivity contribution in [1.29, 1.82) is 0 Å². The second-order valence-electron chi connectivity index (χ2n) is 9.35. The molecule has 33 heavy (non-hydrogen) atoms. The monoisotopic (exact) mass is 481 g/mol. The summed E-state index contributed by atoms with van der Waals surface area (Å²) in [5.41, 5.74) is 0.590. The average Bonchev–Trinajstić information content (AvgIpc) is 2.75. The summed E-state index contributed by atoms with van der Waals surface area (Å²) >= 11 is 0. The molecule has 0 unspecified atom stereocenters. The van der Waals surface area contributed by atoms with Crippen LogP contribution in [0.25, 0.3) is 0 Å². The summed E-state index contributed by atoms with van der Waals surface area (Å²) in [4.78, 5) is 28.2. The first kappa shape index (κ1) is 24.1. The van der Waals surface area contributed by atoms with Crippen LogP contribution in [0, 0.1) is 11.7 Å². The van der Waals surface area contributed by atoms with E-state index in [-0.39, 0.29) is 49.0 Å². The number of halogens is 1. The topological polar surface area (TPSA) is 96.0 Å². The van der Waals surface area contributed by atoms with Crippen LogP contribution < -0.4 is 9.62 Å². The molecular weight excluding hydrogens is 449 g/mol. The molecule has 3 aliphatic rings. The second kappa shape index (κ2) is 10.1. The van der Waals surface area contributed by atoms with E-state index in [1.807, 2.05) is 11.0 Å². The quantitative estimate of drug-likeness (QED) is 0.637. The highest BCUT2D eigenvalue weighted by atomic mass is 32.2. The zero-order valence-electron chi connectivity index (χ0n) is 18.9. The van der Waals surface area contributed by atoms with Crippen LogP contribution in [0.3, 0.4) is 0 Å². The second-order valence-corrected chi connectivity index (χ2v) is 11.1. The number of piperidine rings is 2. The number of ether oxygens (including phenoxy) is 1. The number of ketones is 1. The Morgan fingerprint density at radius 3 is 2.48 bits per heavy atom. The highest BCUT2D eigenvalue weighted by molar-refractivity contribution is 7.88. The smallest absolute Gasteiger partial charge is 0.226 e. The normalized spacial score (nSPS) is 25.2. The van der Waals surface area contributed by atoms with E-state index >= 15 is 0 Å². The van der Waals surface area contributed by atoms with Crippen molar-refractivity contribution in [3.05, 3.63) is 30.1 Å². The molecule has 8 nitrogen and oxygen atoms in total. The van der Waals surface area contributed by atoms with Crippen LogP contribution in [0.2, 0.25) is 0 Å². The highest BCUT2D eigenvalue weighted by Gasteiger charge is 2.42. The number of nitrogens with one attached hydrogen (secondary N) is 1. The van der Waals surface area contributed by atoms with E-state index in [1.165, 1.54) is 6.07 Å². The van der Waals surface area contributed by atoms with Gasteiger partial charge in [-0.2, -0.15) is 0 Å². The summed E-state index contributed by atoms with van der Waals surface area (Å²) in [6.45, 7) is 2.08. The summed E-state index contributed by atoms with van der Waals surface area (Å²) in [5, 5.41) is 0. The van der Waals surface area contributed by atoms with E-state index in [1.54, 1.807) is 17.0 Å². The largest absolute Gasteiger partial charge is 0.376 e. The molecule has 0 radical (unpaired) electrons. The molecule has 1 aromatic carbocycles. The van der Waals surface area contributed by atoms with E-state index in [4.69, 9.17) is 4.74 Å². The molecule has 0 bridgehead atoms. The van der Waals surface area contributed by atoms with Gasteiger partial charge in [-0.3, -0.25) is 9.59 Å². The van der Waals surface area contributed by atoms with Crippen LogP contribution >= 0.6 is 0 Å². The number of para-hydroxylation sites is 1. The highest BCUT2D eigenvalue weighted by Crippen LogP contribution is 2.30. The van der Waals surface area contributed by atoms with Crippen molar-refractivity contribution in [2.75, 3.05) is 37.4 Å². The number of hydrogen-bond acceptors (Lipinski definition) is 6. The molecule has 1 amide bonds. The van der Waals surface area contributed by atoms with E-state index in [0.717, 1.165) is 19.1 Å². The van der Waals surface area contributed by atoms with Gasteiger partial charge in [0.25, 0.3) is 0 Å². The third kappa shape index (κ3) is 5.91. The molecular formula is C23H32FN3O5S. The number of likely N-dealkylation sites (tertiary alicyclic amines) is 1. The Hall–Kier alpha value is -2.04. The Balaban J connectivity index is 1.38. The lowest BCUT2D eigenvalue weighted by molar-refractivity contribution is -0.150. The molecule has 1 N–H and O–H groups in total. The maximum absolute atomic E-state index is 14.1. The van der Waals surface area contributed by atoms with Crippen molar-refractivity contribution in [2.45, 2.75) is 56.7 Å². The molecule has 2 aliphatic heterocycles. The van der Waals surface area contributed by atoms with Crippen molar-refractivity contribution >= 4 is 27.4 Å². The fourth-order valence-corrected chi connectivity index (χ4v) is 5.88. The van der Waals surface area contributed by atoms with Crippen molar-refractivity contribution < 1.29 is 27.1 Å². The predicted molar refractivity (Wildman–Crippen MR) is 122 cm³/mol. The van der Waals surface area contributed by atoms with Gasteiger partial charge >= 0.3 is 0 Å². The Labute approximate surface area is 194 Å². The van der Waals surface area contributed by atoms with Gasteiger partial charge < -0.3 is 14.5 Å². The Bertz CT molecular complexity index is 972. The number of nitrogens with zero attached hydrogens (tertiary/aromatic N) is 2. The fourth-order valence-electron chi connectivity index (χ4n) is 5.05. The number of amides is 1. The average molecular weight is 482 g/mol. The van der Waals surface area contributed by atoms with E-state index in [9.17, 15) is 22.4 Å². The van der Waals surface area contributed by atoms with Gasteiger partial charge in [0.15, 0.2) is 0 Å². The molecule has 0 spiro atoms. The fraction of sp³-hybridized carbons (Fsp3) is 0.652. The third-order valence-corrected chi connectivity index (χ3v) is 7.59. The number of anilines is 1. The van der Waals surface area contributed by atoms with Crippen LogP contribution in [0.1, 0.15) is 38.5 Å². The van der Waals surface area contributed by atoms with E-state index in [2.05, 4.69) is 4.72 Å². The molecule has 1 saturated carbocycles. The van der Waals surface area contributed by atoms with Gasteiger partial charge in [0, 0.05) is 38.5 Å². The van der Waals surface area contributed by atoms with E-state index < -0.39 is 22.1 Å². The number of carbonyl (C=O) groups is 2. The first-order chi connectivity index (χ1) is 15.7. The molecule has 3 fully saturated rings. The number of benzene rings is 1. The van der Waals surface area contributed by atoms with Gasteiger partial charge in [-0.15, -0.1) is 0 Å². The standard InChI is InChI=1S/C23H32FN3O5S/c1-33(30,31)25-20-6-4-10-27(23(29)16-13-17(28)14-16)22(20)15-32-18-8-11-26(12-9-18)21-7-3-2-5-19(21)24/h2-3,5,7,16,18,20,22,25H,4,6,8-15H2,1H3/t20-,22-/m0/s1. The Morgan fingerprint density at radius 2 is 1.85 bits per heavy atom. The summed E-state index contributed by atoms with van der Waals surface area (Å²) in [7, 11) is -3.45. The van der Waals surface area contributed by atoms with Gasteiger partial charge in [0.2, 0.25) is 15.9 Å². The van der Waals surface area contributed by atoms with Crippen LogP contribution in [-0.4, -0.2) is 75.7 Å². The third-order valence-electron chi connectivity index (χ3n) is 6.86. The van der Waals surface area contributed by atoms with Crippen molar-refractivity contribution in [2.24, 2.45) is 5.92 Å². The lowest BCUT2D eigenvalue weighted by Crippen LogP contribution is -2.60. The van der Waals surface area contributed by atoms with Crippen LogP contribution in [-0.2, 0) is 24.3 Å².